The Morgan fingerprint density at radius 2 is 1.82 bits per heavy atom. The molecule has 0 aliphatic carbocycles. The summed E-state index contributed by atoms with van der Waals surface area (Å²) in [5, 5.41) is 3.72. The van der Waals surface area contributed by atoms with E-state index in [2.05, 4.69) is 50.4 Å². The maximum atomic E-state index is 5.64. The summed E-state index contributed by atoms with van der Waals surface area (Å²) in [7, 11) is 0. The third kappa shape index (κ3) is 3.91. The number of hydrogen-bond acceptors (Lipinski definition) is 3. The molecule has 2 aliphatic rings. The predicted molar refractivity (Wildman–Crippen MR) is 94.1 cm³/mol. The summed E-state index contributed by atoms with van der Waals surface area (Å²) in [6.45, 7) is 6.34. The number of benzene rings is 1. The second-order valence-corrected chi connectivity index (χ2v) is 7.43. The summed E-state index contributed by atoms with van der Waals surface area (Å²) in [6.07, 6.45) is 6.43. The van der Waals surface area contributed by atoms with Gasteiger partial charge in [-0.1, -0.05) is 40.5 Å². The molecule has 1 aromatic rings. The number of rotatable bonds is 5. The van der Waals surface area contributed by atoms with E-state index in [0.29, 0.717) is 5.54 Å². The molecule has 0 aromatic heterocycles. The van der Waals surface area contributed by atoms with Gasteiger partial charge in [-0.2, -0.15) is 0 Å². The van der Waals surface area contributed by atoms with Gasteiger partial charge >= 0.3 is 0 Å². The summed E-state index contributed by atoms with van der Waals surface area (Å²) >= 11 is 3.64. The second kappa shape index (κ2) is 7.91. The number of ether oxygens (including phenoxy) is 1. The fourth-order valence-electron chi connectivity index (χ4n) is 3.80. The van der Waals surface area contributed by atoms with Gasteiger partial charge in [-0.15, -0.1) is 0 Å². The molecule has 2 aliphatic heterocycles. The molecule has 1 N–H and O–H groups in total. The Kier molecular flexibility index (Phi) is 5.91. The second-order valence-electron chi connectivity index (χ2n) is 6.58. The highest BCUT2D eigenvalue weighted by Gasteiger charge is 2.38. The largest absolute Gasteiger partial charge is 0.381 e. The maximum absolute atomic E-state index is 5.64. The lowest BCUT2D eigenvalue weighted by Gasteiger charge is -2.48. The molecule has 0 unspecified atom stereocenters. The molecular weight excluding hydrogens is 340 g/mol. The molecule has 3 rings (SSSR count). The zero-order chi connectivity index (χ0) is 15.3. The summed E-state index contributed by atoms with van der Waals surface area (Å²) in [5.74, 6) is 0. The van der Waals surface area contributed by atoms with Gasteiger partial charge in [-0.3, -0.25) is 4.90 Å². The monoisotopic (exact) mass is 366 g/mol. The average molecular weight is 367 g/mol. The van der Waals surface area contributed by atoms with Crippen LogP contribution in [0, 0.1) is 0 Å². The van der Waals surface area contributed by atoms with Crippen molar-refractivity contribution in [3.8, 4) is 0 Å². The van der Waals surface area contributed by atoms with Crippen molar-refractivity contribution in [2.75, 3.05) is 32.8 Å². The smallest absolute Gasteiger partial charge is 0.0484 e. The molecule has 0 atom stereocenters. The quantitative estimate of drug-likeness (QED) is 0.861. The van der Waals surface area contributed by atoms with Crippen LogP contribution in [0.3, 0.4) is 0 Å². The number of halogens is 1. The minimum absolute atomic E-state index is 0.305. The van der Waals surface area contributed by atoms with Crippen LogP contribution in [0.25, 0.3) is 0 Å². The Morgan fingerprint density at radius 3 is 2.55 bits per heavy atom. The van der Waals surface area contributed by atoms with Crippen LogP contribution < -0.4 is 5.32 Å². The topological polar surface area (TPSA) is 24.5 Å². The van der Waals surface area contributed by atoms with Crippen LogP contribution >= 0.6 is 15.9 Å². The number of hydrogen-bond donors (Lipinski definition) is 1. The first-order valence-corrected chi connectivity index (χ1v) is 9.36. The van der Waals surface area contributed by atoms with Crippen LogP contribution in [0.5, 0.6) is 0 Å². The van der Waals surface area contributed by atoms with Crippen LogP contribution in [0.1, 0.15) is 37.7 Å². The van der Waals surface area contributed by atoms with Gasteiger partial charge in [0.25, 0.3) is 0 Å². The Hall–Kier alpha value is -0.420. The Labute approximate surface area is 142 Å². The molecule has 0 spiro atoms. The van der Waals surface area contributed by atoms with Gasteiger partial charge < -0.3 is 10.1 Å². The van der Waals surface area contributed by atoms with Gasteiger partial charge in [0.05, 0.1) is 0 Å². The fourth-order valence-corrected chi connectivity index (χ4v) is 4.22. The third-order valence-corrected chi connectivity index (χ3v) is 5.95. The minimum Gasteiger partial charge on any atom is -0.381 e. The van der Waals surface area contributed by atoms with Gasteiger partial charge in [-0.25, -0.2) is 0 Å². The third-order valence-electron chi connectivity index (χ3n) is 5.18. The number of piperidine rings is 1. The van der Waals surface area contributed by atoms with Crippen molar-refractivity contribution < 1.29 is 4.74 Å². The molecule has 2 heterocycles. The summed E-state index contributed by atoms with van der Waals surface area (Å²) in [5.41, 5.74) is 1.64. The van der Waals surface area contributed by atoms with Gasteiger partial charge in [0.15, 0.2) is 0 Å². The van der Waals surface area contributed by atoms with E-state index in [9.17, 15) is 0 Å². The first-order valence-electron chi connectivity index (χ1n) is 8.57. The summed E-state index contributed by atoms with van der Waals surface area (Å²) in [4.78, 5) is 2.74. The fraction of sp³-hybridized carbons (Fsp3) is 0.667. The highest BCUT2D eigenvalue weighted by atomic mass is 79.9. The van der Waals surface area contributed by atoms with Crippen molar-refractivity contribution in [1.29, 1.82) is 0 Å². The van der Waals surface area contributed by atoms with E-state index in [-0.39, 0.29) is 0 Å². The van der Waals surface area contributed by atoms with E-state index >= 15 is 0 Å². The Bertz CT molecular complexity index is 468. The zero-order valence-corrected chi connectivity index (χ0v) is 14.9. The summed E-state index contributed by atoms with van der Waals surface area (Å²) in [6, 6.07) is 8.48. The van der Waals surface area contributed by atoms with E-state index in [0.717, 1.165) is 39.1 Å². The molecule has 0 radical (unpaired) electrons. The van der Waals surface area contributed by atoms with Crippen molar-refractivity contribution in [3.05, 3.63) is 34.3 Å². The highest BCUT2D eigenvalue weighted by molar-refractivity contribution is 9.10. The first kappa shape index (κ1) is 16.4. The molecule has 0 bridgehead atoms. The summed E-state index contributed by atoms with van der Waals surface area (Å²) < 4.78 is 6.83. The van der Waals surface area contributed by atoms with Crippen molar-refractivity contribution in [1.82, 2.24) is 10.2 Å². The number of nitrogens with one attached hydrogen (secondary N) is 1. The van der Waals surface area contributed by atoms with E-state index in [1.54, 1.807) is 0 Å². The van der Waals surface area contributed by atoms with Gasteiger partial charge in [0.1, 0.15) is 0 Å². The number of likely N-dealkylation sites (tertiary alicyclic amines) is 1. The molecule has 0 amide bonds. The lowest BCUT2D eigenvalue weighted by atomic mass is 9.86. The van der Waals surface area contributed by atoms with Crippen molar-refractivity contribution >= 4 is 15.9 Å². The van der Waals surface area contributed by atoms with E-state index < -0.39 is 0 Å². The van der Waals surface area contributed by atoms with Gasteiger partial charge in [0, 0.05) is 36.3 Å². The minimum atomic E-state index is 0.305. The molecule has 2 fully saturated rings. The molecule has 22 heavy (non-hydrogen) atoms. The lowest BCUT2D eigenvalue weighted by molar-refractivity contribution is -0.0358. The average Bonchev–Trinajstić information content (AvgIpc) is 2.58. The predicted octanol–water partition coefficient (Wildman–Crippen LogP) is 3.57. The van der Waals surface area contributed by atoms with E-state index in [1.165, 1.54) is 42.4 Å². The van der Waals surface area contributed by atoms with Gasteiger partial charge in [-0.05, 0) is 50.4 Å². The van der Waals surface area contributed by atoms with Crippen LogP contribution in [-0.2, 0) is 11.3 Å². The van der Waals surface area contributed by atoms with E-state index in [4.69, 9.17) is 4.74 Å². The van der Waals surface area contributed by atoms with Crippen LogP contribution in [0.2, 0.25) is 0 Å². The van der Waals surface area contributed by atoms with Crippen molar-refractivity contribution in [2.45, 2.75) is 44.2 Å². The number of nitrogens with zero attached hydrogens (tertiary/aromatic N) is 1. The normalized spacial score (nSPS) is 22.6. The lowest BCUT2D eigenvalue weighted by Crippen LogP contribution is -2.59. The van der Waals surface area contributed by atoms with Crippen molar-refractivity contribution in [3.63, 3.8) is 0 Å². The maximum Gasteiger partial charge on any atom is 0.0484 e. The SMILES string of the molecule is Brc1ccccc1CNCC1(N2CCCCC2)CCOCC1. The molecule has 3 nitrogen and oxygen atoms in total. The van der Waals surface area contributed by atoms with Gasteiger partial charge in [0.2, 0.25) is 0 Å². The zero-order valence-electron chi connectivity index (χ0n) is 13.3. The van der Waals surface area contributed by atoms with Crippen LogP contribution in [-0.4, -0.2) is 43.3 Å². The Balaban J connectivity index is 1.61. The molecule has 4 heteroatoms. The van der Waals surface area contributed by atoms with Crippen LogP contribution in [0.15, 0.2) is 28.7 Å². The Morgan fingerprint density at radius 1 is 1.09 bits per heavy atom. The highest BCUT2D eigenvalue weighted by Crippen LogP contribution is 2.30. The molecular formula is C18H27BrN2O. The van der Waals surface area contributed by atoms with Crippen LogP contribution in [0.4, 0.5) is 0 Å². The first-order chi connectivity index (χ1) is 10.8. The molecule has 0 saturated carbocycles. The van der Waals surface area contributed by atoms with Crippen molar-refractivity contribution in [2.24, 2.45) is 0 Å². The molecule has 2 saturated heterocycles. The van der Waals surface area contributed by atoms with E-state index in [1.807, 2.05) is 0 Å². The molecule has 1 aromatic carbocycles. The molecule has 122 valence electrons. The standard InChI is InChI=1S/C18H27BrN2O/c19-17-7-3-2-6-16(17)14-20-15-18(8-12-22-13-9-18)21-10-4-1-5-11-21/h2-3,6-7,20H,1,4-5,8-15H2.